The number of carbonyl (C=O) groups excluding carboxylic acids is 4. The number of ether oxygens (including phenoxy) is 3. The molecule has 3 aliphatic carbocycles. The molecule has 0 aromatic rings. The normalized spacial score (nSPS) is 34.7. The molecule has 12 heteroatoms. The van der Waals surface area contributed by atoms with Crippen molar-refractivity contribution in [3.8, 4) is 0 Å². The van der Waals surface area contributed by atoms with Crippen molar-refractivity contribution >= 4 is 29.5 Å². The summed E-state index contributed by atoms with van der Waals surface area (Å²) in [5, 5.41) is 33.2. The molecule has 1 aliphatic heterocycles. The second kappa shape index (κ2) is 9.91. The number of esters is 2. The minimum atomic E-state index is -1.52. The highest BCUT2D eigenvalue weighted by Crippen LogP contribution is 2.62. The molecule has 4 N–H and O–H groups in total. The van der Waals surface area contributed by atoms with E-state index in [9.17, 15) is 39.3 Å². The van der Waals surface area contributed by atoms with E-state index in [4.69, 9.17) is 14.2 Å². The van der Waals surface area contributed by atoms with Gasteiger partial charge in [0.05, 0.1) is 23.7 Å². The lowest BCUT2D eigenvalue weighted by atomic mass is 9.53. The van der Waals surface area contributed by atoms with Gasteiger partial charge in [-0.1, -0.05) is 6.92 Å². The number of methoxy groups -OCH3 is 1. The molecule has 4 aliphatic rings. The first-order valence-corrected chi connectivity index (χ1v) is 12.7. The molecule has 4 rings (SSSR count). The Bertz CT molecular complexity index is 1240. The maximum atomic E-state index is 13.9. The third kappa shape index (κ3) is 4.26. The first kappa shape index (κ1) is 28.5. The van der Waals surface area contributed by atoms with Crippen LogP contribution in [0.2, 0.25) is 0 Å². The summed E-state index contributed by atoms with van der Waals surface area (Å²) in [6, 6.07) is -1.52. The molecule has 12 nitrogen and oxygen atoms in total. The van der Waals surface area contributed by atoms with Gasteiger partial charge in [-0.2, -0.15) is 0 Å². The molecule has 39 heavy (non-hydrogen) atoms. The SMILES string of the molecule is COC[C@H]1OC(=O)/C(=C\N[C@H](C(=O)O)[C@@H](C)O)C2=C(O)C(=O)C3=C([C@H](OC(C)=O)C[C@]4(C)C(=O)CC[C@@H]34)[C@]21C. The molecule has 0 aromatic carbocycles. The Morgan fingerprint density at radius 1 is 1.26 bits per heavy atom. The number of ketones is 2. The Morgan fingerprint density at radius 3 is 2.49 bits per heavy atom. The zero-order valence-electron chi connectivity index (χ0n) is 22.4. The number of carboxylic acid groups (broad SMARTS) is 1. The van der Waals surface area contributed by atoms with E-state index in [1.807, 2.05) is 0 Å². The molecular weight excluding hydrogens is 514 g/mol. The summed E-state index contributed by atoms with van der Waals surface area (Å²) in [5.74, 6) is -5.20. The van der Waals surface area contributed by atoms with Crippen LogP contribution in [0.25, 0.3) is 0 Å². The summed E-state index contributed by atoms with van der Waals surface area (Å²) in [4.78, 5) is 63.9. The molecule has 7 atom stereocenters. The maximum absolute atomic E-state index is 13.9. The number of aliphatic carboxylic acids is 1. The fourth-order valence-corrected chi connectivity index (χ4v) is 6.69. The number of hydrogen-bond donors (Lipinski definition) is 4. The van der Waals surface area contributed by atoms with Gasteiger partial charge < -0.3 is 34.8 Å². The number of cyclic esters (lactones) is 1. The molecule has 0 bridgehead atoms. The number of allylic oxidation sites excluding steroid dienone is 1. The van der Waals surface area contributed by atoms with Crippen molar-refractivity contribution in [1.82, 2.24) is 5.32 Å². The van der Waals surface area contributed by atoms with E-state index in [0.717, 1.165) is 6.20 Å². The molecule has 1 saturated carbocycles. The quantitative estimate of drug-likeness (QED) is 0.261. The number of hydrogen-bond acceptors (Lipinski definition) is 11. The van der Waals surface area contributed by atoms with Crippen LogP contribution in [0.5, 0.6) is 0 Å². The Kier molecular flexibility index (Phi) is 7.24. The third-order valence-electron chi connectivity index (χ3n) is 8.58. The summed E-state index contributed by atoms with van der Waals surface area (Å²) in [6.07, 6.45) is -1.82. The van der Waals surface area contributed by atoms with Gasteiger partial charge in [0.1, 0.15) is 24.0 Å². The molecule has 0 aromatic heterocycles. The smallest absolute Gasteiger partial charge is 0.340 e. The Hall–Kier alpha value is -3.51. The third-order valence-corrected chi connectivity index (χ3v) is 8.58. The Labute approximate surface area is 224 Å². The maximum Gasteiger partial charge on any atom is 0.340 e. The van der Waals surface area contributed by atoms with Gasteiger partial charge in [-0.25, -0.2) is 9.59 Å². The molecule has 212 valence electrons. The molecule has 0 amide bonds. The summed E-state index contributed by atoms with van der Waals surface area (Å²) in [5.41, 5.74) is -2.46. The van der Waals surface area contributed by atoms with E-state index in [2.05, 4.69) is 5.32 Å². The topological polar surface area (TPSA) is 186 Å². The Morgan fingerprint density at radius 2 is 1.92 bits per heavy atom. The van der Waals surface area contributed by atoms with Crippen LogP contribution in [0.3, 0.4) is 0 Å². The lowest BCUT2D eigenvalue weighted by Gasteiger charge is -2.53. The number of carbonyl (C=O) groups is 5. The highest BCUT2D eigenvalue weighted by atomic mass is 16.6. The average Bonchev–Trinajstić information content (AvgIpc) is 3.12. The van der Waals surface area contributed by atoms with Gasteiger partial charge in [0.15, 0.2) is 5.76 Å². The van der Waals surface area contributed by atoms with E-state index in [-0.39, 0.29) is 42.0 Å². The van der Waals surface area contributed by atoms with Crippen LogP contribution in [0, 0.1) is 16.7 Å². The standard InChI is InChI=1S/C27H33NO11/c1-11(29)21(24(34)35)28-9-13-19-23(33)22(32)18-14-6-7-16(31)26(14,3)8-15(38-12(2)30)20(18)27(19,4)17(10-37-5)39-25(13)36/h9,11,14-15,17,21,28-29,33H,6-8,10H2,1-5H3,(H,34,35)/b13-9-/t11-,14+,15-,17-,21+,26+,27+/m1/s1. The predicted molar refractivity (Wildman–Crippen MR) is 132 cm³/mol. The van der Waals surface area contributed by atoms with E-state index in [1.165, 1.54) is 21.0 Å². The molecule has 1 saturated heterocycles. The lowest BCUT2D eigenvalue weighted by molar-refractivity contribution is -0.160. The van der Waals surface area contributed by atoms with Crippen LogP contribution < -0.4 is 5.32 Å². The number of aliphatic hydroxyl groups excluding tert-OH is 2. The Balaban J connectivity index is 1.98. The predicted octanol–water partition coefficient (Wildman–Crippen LogP) is 0.884. The summed E-state index contributed by atoms with van der Waals surface area (Å²) in [7, 11) is 1.38. The summed E-state index contributed by atoms with van der Waals surface area (Å²) >= 11 is 0. The van der Waals surface area contributed by atoms with Crippen molar-refractivity contribution in [2.45, 2.75) is 71.3 Å². The molecule has 0 unspecified atom stereocenters. The summed E-state index contributed by atoms with van der Waals surface area (Å²) in [6.45, 7) is 5.65. The molecule has 0 radical (unpaired) electrons. The van der Waals surface area contributed by atoms with Gasteiger partial charge in [0.25, 0.3) is 0 Å². The van der Waals surface area contributed by atoms with Crippen molar-refractivity contribution in [1.29, 1.82) is 0 Å². The van der Waals surface area contributed by atoms with E-state index in [1.54, 1.807) is 13.8 Å². The van der Waals surface area contributed by atoms with Gasteiger partial charge in [-0.05, 0) is 25.8 Å². The second-order valence-electron chi connectivity index (χ2n) is 10.9. The van der Waals surface area contributed by atoms with E-state index < -0.39 is 70.6 Å². The number of aliphatic hydroxyl groups is 2. The van der Waals surface area contributed by atoms with Crippen molar-refractivity contribution in [2.24, 2.45) is 16.7 Å². The zero-order chi connectivity index (χ0) is 29.0. The highest BCUT2D eigenvalue weighted by molar-refractivity contribution is 6.14. The van der Waals surface area contributed by atoms with Crippen molar-refractivity contribution < 1.29 is 53.5 Å². The first-order valence-electron chi connectivity index (χ1n) is 12.7. The van der Waals surface area contributed by atoms with Crippen LogP contribution in [-0.2, 0) is 38.2 Å². The van der Waals surface area contributed by atoms with Crippen LogP contribution in [0.15, 0.2) is 34.3 Å². The van der Waals surface area contributed by atoms with Crippen molar-refractivity contribution in [2.75, 3.05) is 13.7 Å². The van der Waals surface area contributed by atoms with E-state index >= 15 is 0 Å². The molecular formula is C27H33NO11. The minimum Gasteiger partial charge on any atom is -0.504 e. The fourth-order valence-electron chi connectivity index (χ4n) is 6.69. The average molecular weight is 548 g/mol. The zero-order valence-corrected chi connectivity index (χ0v) is 22.4. The van der Waals surface area contributed by atoms with Crippen LogP contribution in [0.4, 0.5) is 0 Å². The summed E-state index contributed by atoms with van der Waals surface area (Å²) < 4.78 is 16.8. The van der Waals surface area contributed by atoms with Crippen molar-refractivity contribution in [3.63, 3.8) is 0 Å². The largest absolute Gasteiger partial charge is 0.504 e. The number of Topliss-reactive ketones (excluding diaryl/α,β-unsaturated/α-hetero) is 2. The van der Waals surface area contributed by atoms with Crippen LogP contribution in [0.1, 0.15) is 47.0 Å². The first-order chi connectivity index (χ1) is 18.2. The fraction of sp³-hybridized carbons (Fsp3) is 0.593. The van der Waals surface area contributed by atoms with Gasteiger partial charge in [0, 0.05) is 55.6 Å². The minimum absolute atomic E-state index is 0.0745. The highest BCUT2D eigenvalue weighted by Gasteiger charge is 2.64. The number of rotatable bonds is 7. The van der Waals surface area contributed by atoms with Crippen LogP contribution in [-0.4, -0.2) is 82.9 Å². The number of fused-ring (bicyclic) bond motifs is 4. The van der Waals surface area contributed by atoms with Gasteiger partial charge in [-0.15, -0.1) is 0 Å². The van der Waals surface area contributed by atoms with Gasteiger partial charge in [0.2, 0.25) is 5.78 Å². The van der Waals surface area contributed by atoms with Gasteiger partial charge in [-0.3, -0.25) is 14.4 Å². The molecule has 1 heterocycles. The second-order valence-corrected chi connectivity index (χ2v) is 10.9. The van der Waals surface area contributed by atoms with E-state index in [0.29, 0.717) is 12.0 Å². The molecule has 2 fully saturated rings. The number of carboxylic acids is 1. The van der Waals surface area contributed by atoms with Crippen LogP contribution >= 0.6 is 0 Å². The number of nitrogens with one attached hydrogen (secondary N) is 1. The van der Waals surface area contributed by atoms with Crippen molar-refractivity contribution in [3.05, 3.63) is 34.3 Å². The molecule has 0 spiro atoms. The lowest BCUT2D eigenvalue weighted by Crippen LogP contribution is -2.57. The van der Waals surface area contributed by atoms with Gasteiger partial charge >= 0.3 is 17.9 Å². The monoisotopic (exact) mass is 547 g/mol.